The monoisotopic (exact) mass is 271 g/mol. The molecular weight excluding hydrogens is 265 g/mol. The van der Waals surface area contributed by atoms with Gasteiger partial charge < -0.3 is 5.11 Å². The summed E-state index contributed by atoms with van der Waals surface area (Å²) in [5, 5.41) is 16.0. The lowest BCUT2D eigenvalue weighted by atomic mass is 10.3. The number of isothiocyanates is 1. The third-order valence-electron chi connectivity index (χ3n) is 0.756. The van der Waals surface area contributed by atoms with Gasteiger partial charge in [0, 0.05) is 0 Å². The highest BCUT2D eigenvalue weighted by atomic mass is 35.6. The second-order valence-corrected chi connectivity index (χ2v) is 3.87. The first kappa shape index (κ1) is 16.1. The molecular formula is C8H8Cl3NOS. The van der Waals surface area contributed by atoms with Gasteiger partial charge in [-0.25, -0.2) is 5.41 Å². The largest absolute Gasteiger partial charge is 0.508 e. The van der Waals surface area contributed by atoms with Crippen LogP contribution in [-0.4, -0.2) is 14.6 Å². The van der Waals surface area contributed by atoms with E-state index >= 15 is 0 Å². The fourth-order valence-electron chi connectivity index (χ4n) is 0.428. The molecule has 1 aromatic rings. The molecule has 78 valence electrons. The van der Waals surface area contributed by atoms with Crippen molar-refractivity contribution in [3.8, 4) is 5.75 Å². The molecule has 6 heteroatoms. The summed E-state index contributed by atoms with van der Waals surface area (Å²) in [7, 11) is 0. The number of rotatable bonds is 0. The van der Waals surface area contributed by atoms with Crippen molar-refractivity contribution in [2.45, 2.75) is 4.30 Å². The van der Waals surface area contributed by atoms with Crippen LogP contribution in [0.4, 0.5) is 0 Å². The minimum absolute atomic E-state index is 0.322. The molecule has 0 unspecified atom stereocenters. The van der Waals surface area contributed by atoms with E-state index in [0.717, 1.165) is 0 Å². The Balaban J connectivity index is 0. The van der Waals surface area contributed by atoms with Gasteiger partial charge in [-0.15, -0.1) is 0 Å². The van der Waals surface area contributed by atoms with Gasteiger partial charge in [-0.05, 0) is 24.4 Å². The average molecular weight is 273 g/mol. The molecule has 2 N–H and O–H groups in total. The van der Waals surface area contributed by atoms with Crippen molar-refractivity contribution in [1.82, 2.24) is 0 Å². The standard InChI is InChI=1S/C6H6O.CHCl3.CHNS/c7-6-4-2-1-3-5-6;2-1(3)4;2-1-3/h1-5,7H;1H;2H. The molecule has 1 rings (SSSR count). The molecule has 0 spiro atoms. The molecule has 0 atom stereocenters. The maximum Gasteiger partial charge on any atom is 0.180 e. The van der Waals surface area contributed by atoms with E-state index < -0.39 is 4.30 Å². The zero-order valence-electron chi connectivity index (χ0n) is 6.95. The number of alkyl halides is 3. The number of halogens is 3. The van der Waals surface area contributed by atoms with Gasteiger partial charge in [0.2, 0.25) is 0 Å². The molecule has 0 aliphatic rings. The molecule has 0 radical (unpaired) electrons. The third-order valence-corrected chi connectivity index (χ3v) is 0.756. The number of aromatic hydroxyl groups is 1. The van der Waals surface area contributed by atoms with Gasteiger partial charge >= 0.3 is 0 Å². The summed E-state index contributed by atoms with van der Waals surface area (Å²) < 4.78 is -0.750. The summed E-state index contributed by atoms with van der Waals surface area (Å²) >= 11 is 18.2. The van der Waals surface area contributed by atoms with E-state index in [9.17, 15) is 0 Å². The van der Waals surface area contributed by atoms with Crippen LogP contribution in [0, 0.1) is 5.41 Å². The smallest absolute Gasteiger partial charge is 0.180 e. The highest BCUT2D eigenvalue weighted by Crippen LogP contribution is 2.03. The Morgan fingerprint density at radius 1 is 1.21 bits per heavy atom. The van der Waals surface area contributed by atoms with E-state index in [2.05, 4.69) is 12.2 Å². The lowest BCUT2D eigenvalue weighted by Crippen LogP contribution is -1.56. The minimum atomic E-state index is -0.750. The fraction of sp³-hybridized carbons (Fsp3) is 0.125. The normalized spacial score (nSPS) is 7.43. The number of nitrogens with one attached hydrogen (secondary N) is 1. The molecule has 14 heavy (non-hydrogen) atoms. The van der Waals surface area contributed by atoms with E-state index in [1.165, 1.54) is 0 Å². The molecule has 0 aromatic heterocycles. The number of thiocarbonyl (C=S) groups is 1. The van der Waals surface area contributed by atoms with Crippen molar-refractivity contribution >= 4 is 52.2 Å². The molecule has 0 heterocycles. The lowest BCUT2D eigenvalue weighted by molar-refractivity contribution is 0.475. The van der Waals surface area contributed by atoms with Crippen molar-refractivity contribution < 1.29 is 5.11 Å². The van der Waals surface area contributed by atoms with Crippen LogP contribution in [0.25, 0.3) is 0 Å². The average Bonchev–Trinajstić information content (AvgIpc) is 2.05. The van der Waals surface area contributed by atoms with Crippen LogP contribution < -0.4 is 0 Å². The Kier molecular flexibility index (Phi) is 14.6. The molecule has 0 aliphatic carbocycles. The maximum absolute atomic E-state index is 8.63. The Hall–Kier alpha value is -0.310. The lowest BCUT2D eigenvalue weighted by Gasteiger charge is -1.82. The molecule has 0 saturated carbocycles. The minimum Gasteiger partial charge on any atom is -0.508 e. The van der Waals surface area contributed by atoms with Crippen LogP contribution in [0.5, 0.6) is 5.75 Å². The van der Waals surface area contributed by atoms with Crippen LogP contribution in [0.2, 0.25) is 0 Å². The molecule has 2 nitrogen and oxygen atoms in total. The molecule has 0 amide bonds. The summed E-state index contributed by atoms with van der Waals surface area (Å²) in [5.74, 6) is 0.322. The van der Waals surface area contributed by atoms with Gasteiger partial charge in [0.1, 0.15) is 5.75 Å². The van der Waals surface area contributed by atoms with E-state index in [4.69, 9.17) is 45.3 Å². The van der Waals surface area contributed by atoms with Crippen LogP contribution >= 0.6 is 47.0 Å². The number of hydrogen-bond acceptors (Lipinski definition) is 3. The summed E-state index contributed by atoms with van der Waals surface area (Å²) in [6.45, 7) is 0. The number of hydrogen-bond donors (Lipinski definition) is 2. The Morgan fingerprint density at radius 3 is 1.64 bits per heavy atom. The molecule has 0 fully saturated rings. The Labute approximate surface area is 103 Å². The van der Waals surface area contributed by atoms with Crippen LogP contribution in [0.3, 0.4) is 0 Å². The SMILES string of the molecule is ClC(Cl)Cl.N=C=S.Oc1ccccc1. The van der Waals surface area contributed by atoms with Crippen molar-refractivity contribution in [2.24, 2.45) is 0 Å². The predicted molar refractivity (Wildman–Crippen MR) is 64.8 cm³/mol. The van der Waals surface area contributed by atoms with Crippen molar-refractivity contribution in [2.75, 3.05) is 0 Å². The summed E-state index contributed by atoms with van der Waals surface area (Å²) in [5.41, 5.74) is 0. The van der Waals surface area contributed by atoms with Gasteiger partial charge in [-0.1, -0.05) is 53.0 Å². The zero-order valence-corrected chi connectivity index (χ0v) is 10.0. The molecule has 1 aromatic carbocycles. The van der Waals surface area contributed by atoms with Crippen molar-refractivity contribution in [1.29, 1.82) is 5.41 Å². The highest BCUT2D eigenvalue weighted by molar-refractivity contribution is 7.78. The summed E-state index contributed by atoms with van der Waals surface area (Å²) in [6, 6.07) is 8.71. The van der Waals surface area contributed by atoms with Crippen molar-refractivity contribution in [3.05, 3.63) is 30.3 Å². The Morgan fingerprint density at radius 2 is 1.50 bits per heavy atom. The van der Waals surface area contributed by atoms with E-state index in [0.29, 0.717) is 5.75 Å². The third kappa shape index (κ3) is 22.6. The quantitative estimate of drug-likeness (QED) is 0.425. The zero-order chi connectivity index (χ0) is 11.4. The van der Waals surface area contributed by atoms with Gasteiger partial charge in [0.05, 0.1) is 5.16 Å². The van der Waals surface area contributed by atoms with E-state index in [1.807, 2.05) is 6.07 Å². The van der Waals surface area contributed by atoms with Crippen LogP contribution in [-0.2, 0) is 0 Å². The predicted octanol–water partition coefficient (Wildman–Crippen LogP) is 4.05. The van der Waals surface area contributed by atoms with Crippen LogP contribution in [0.1, 0.15) is 0 Å². The molecule has 0 aliphatic heterocycles. The molecule has 0 bridgehead atoms. The van der Waals surface area contributed by atoms with Crippen molar-refractivity contribution in [3.63, 3.8) is 0 Å². The van der Waals surface area contributed by atoms with Gasteiger partial charge in [-0.2, -0.15) is 0 Å². The van der Waals surface area contributed by atoms with Gasteiger partial charge in [0.15, 0.2) is 4.30 Å². The fourth-order valence-corrected chi connectivity index (χ4v) is 0.428. The number of phenolic OH excluding ortho intramolecular Hbond substituents is 1. The highest BCUT2D eigenvalue weighted by Gasteiger charge is 1.79. The topological polar surface area (TPSA) is 44.1 Å². The number of para-hydroxylation sites is 1. The molecule has 0 saturated heterocycles. The van der Waals surface area contributed by atoms with Gasteiger partial charge in [0.25, 0.3) is 0 Å². The summed E-state index contributed by atoms with van der Waals surface area (Å²) in [6.07, 6.45) is 0. The first-order valence-electron chi connectivity index (χ1n) is 3.24. The first-order chi connectivity index (χ1) is 6.54. The second kappa shape index (κ2) is 12.7. The number of benzene rings is 1. The van der Waals surface area contributed by atoms with Gasteiger partial charge in [-0.3, -0.25) is 0 Å². The second-order valence-electron chi connectivity index (χ2n) is 1.69. The summed E-state index contributed by atoms with van der Waals surface area (Å²) in [4.78, 5) is 0. The maximum atomic E-state index is 8.63. The Bertz CT molecular complexity index is 247. The van der Waals surface area contributed by atoms with Crippen LogP contribution in [0.15, 0.2) is 30.3 Å². The van der Waals surface area contributed by atoms with E-state index in [1.54, 1.807) is 29.4 Å². The number of phenols is 1. The first-order valence-corrected chi connectivity index (χ1v) is 4.96. The van der Waals surface area contributed by atoms with E-state index in [-0.39, 0.29) is 0 Å².